The first-order chi connectivity index (χ1) is 15.9. The normalized spacial score (nSPS) is 20.3. The molecule has 0 radical (unpaired) electrons. The van der Waals surface area contributed by atoms with Crippen LogP contribution in [-0.2, 0) is 15.0 Å². The van der Waals surface area contributed by atoms with Crippen LogP contribution in [0.2, 0.25) is 0 Å². The van der Waals surface area contributed by atoms with Gasteiger partial charge in [-0.15, -0.1) is 11.3 Å². The van der Waals surface area contributed by atoms with Crippen molar-refractivity contribution in [2.45, 2.75) is 31.7 Å². The molecule has 7 nitrogen and oxygen atoms in total. The fourth-order valence-corrected chi connectivity index (χ4v) is 6.87. The summed E-state index contributed by atoms with van der Waals surface area (Å²) in [6.07, 6.45) is 4.00. The van der Waals surface area contributed by atoms with E-state index < -0.39 is 10.2 Å². The molecule has 1 amide bonds. The first-order valence-electron chi connectivity index (χ1n) is 11.5. The van der Waals surface area contributed by atoms with E-state index >= 15 is 0 Å². The molecule has 10 heteroatoms. The fraction of sp³-hybridized carbons (Fsp3) is 0.522. The van der Waals surface area contributed by atoms with Crippen molar-refractivity contribution in [2.75, 3.05) is 45.8 Å². The van der Waals surface area contributed by atoms with Gasteiger partial charge in [-0.25, -0.2) is 4.39 Å². The van der Waals surface area contributed by atoms with E-state index in [1.165, 1.54) is 23.5 Å². The Balaban J connectivity index is 1.33. The van der Waals surface area contributed by atoms with Crippen LogP contribution >= 0.6 is 11.3 Å². The Morgan fingerprint density at radius 3 is 2.18 bits per heavy atom. The molecule has 1 N–H and O–H groups in total. The van der Waals surface area contributed by atoms with Gasteiger partial charge in [0.05, 0.1) is 12.6 Å². The standard InChI is InChI=1S/C23H31FN4O3S2/c24-20-9-7-19(8-10-20)23(21-6-5-17-32-21)25-22(29)18-26-13-15-28(16-14-26)33(30,31)27-11-3-1-2-4-12-27/h5-10,17,23H,1-4,11-16,18H2,(H,25,29). The van der Waals surface area contributed by atoms with E-state index in [0.29, 0.717) is 39.3 Å². The molecule has 2 saturated heterocycles. The van der Waals surface area contributed by atoms with Crippen molar-refractivity contribution in [2.24, 2.45) is 0 Å². The third-order valence-electron chi connectivity index (χ3n) is 6.25. The minimum absolute atomic E-state index is 0.137. The average molecular weight is 495 g/mol. The zero-order chi connectivity index (χ0) is 23.3. The van der Waals surface area contributed by atoms with Crippen LogP contribution in [0.25, 0.3) is 0 Å². The van der Waals surface area contributed by atoms with Crippen LogP contribution < -0.4 is 5.32 Å². The highest BCUT2D eigenvalue weighted by atomic mass is 32.2. The maximum Gasteiger partial charge on any atom is 0.282 e. The summed E-state index contributed by atoms with van der Waals surface area (Å²) >= 11 is 1.54. The summed E-state index contributed by atoms with van der Waals surface area (Å²) in [6.45, 7) is 3.19. The number of amides is 1. The van der Waals surface area contributed by atoms with Crippen molar-refractivity contribution in [3.05, 3.63) is 58.0 Å². The number of carbonyl (C=O) groups excluding carboxylic acids is 1. The smallest absolute Gasteiger partial charge is 0.282 e. The average Bonchev–Trinajstić information content (AvgIpc) is 3.19. The number of piperazine rings is 1. The maximum atomic E-state index is 13.4. The van der Waals surface area contributed by atoms with Gasteiger partial charge in [-0.05, 0) is 42.0 Å². The molecule has 1 unspecified atom stereocenters. The molecule has 2 aromatic rings. The van der Waals surface area contributed by atoms with Gasteiger partial charge >= 0.3 is 0 Å². The zero-order valence-corrected chi connectivity index (χ0v) is 20.3. The second-order valence-corrected chi connectivity index (χ2v) is 11.5. The van der Waals surface area contributed by atoms with Gasteiger partial charge in [0.15, 0.2) is 0 Å². The quantitative estimate of drug-likeness (QED) is 0.643. The van der Waals surface area contributed by atoms with Crippen molar-refractivity contribution in [3.63, 3.8) is 0 Å². The summed E-state index contributed by atoms with van der Waals surface area (Å²) in [5.41, 5.74) is 0.820. The van der Waals surface area contributed by atoms with Crippen molar-refractivity contribution < 1.29 is 17.6 Å². The minimum atomic E-state index is -3.44. The van der Waals surface area contributed by atoms with Crippen LogP contribution in [0.5, 0.6) is 0 Å². The number of halogens is 1. The fourth-order valence-electron chi connectivity index (χ4n) is 4.39. The molecule has 2 aliphatic heterocycles. The Morgan fingerprint density at radius 2 is 1.58 bits per heavy atom. The van der Waals surface area contributed by atoms with E-state index in [-0.39, 0.29) is 24.3 Å². The van der Waals surface area contributed by atoms with Gasteiger partial charge in [-0.3, -0.25) is 9.69 Å². The Labute approximate surface area is 199 Å². The molecule has 0 spiro atoms. The van der Waals surface area contributed by atoms with Gasteiger partial charge in [0, 0.05) is 44.1 Å². The number of nitrogens with one attached hydrogen (secondary N) is 1. The van der Waals surface area contributed by atoms with Crippen LogP contribution in [0, 0.1) is 5.82 Å². The molecule has 3 heterocycles. The topological polar surface area (TPSA) is 73.0 Å². The molecule has 1 aromatic heterocycles. The summed E-state index contributed by atoms with van der Waals surface area (Å²) in [6, 6.07) is 9.69. The minimum Gasteiger partial charge on any atom is -0.343 e. The second-order valence-electron chi connectivity index (χ2n) is 8.56. The van der Waals surface area contributed by atoms with Crippen molar-refractivity contribution >= 4 is 27.5 Å². The van der Waals surface area contributed by atoms with E-state index in [2.05, 4.69) is 5.32 Å². The molecule has 2 aliphatic rings. The summed E-state index contributed by atoms with van der Waals surface area (Å²) in [5.74, 6) is -0.454. The molecule has 1 aromatic carbocycles. The SMILES string of the molecule is O=C(CN1CCN(S(=O)(=O)N2CCCCCC2)CC1)NC(c1ccc(F)cc1)c1cccs1. The summed E-state index contributed by atoms with van der Waals surface area (Å²) in [4.78, 5) is 15.8. The van der Waals surface area contributed by atoms with E-state index in [0.717, 1.165) is 36.1 Å². The summed E-state index contributed by atoms with van der Waals surface area (Å²) in [5, 5.41) is 5.02. The van der Waals surface area contributed by atoms with Crippen LogP contribution in [0.1, 0.15) is 42.2 Å². The Bertz CT molecular complexity index is 999. The molecule has 180 valence electrons. The van der Waals surface area contributed by atoms with Crippen LogP contribution in [0.15, 0.2) is 41.8 Å². The number of hydrogen-bond donors (Lipinski definition) is 1. The van der Waals surface area contributed by atoms with E-state index in [9.17, 15) is 17.6 Å². The highest BCUT2D eigenvalue weighted by molar-refractivity contribution is 7.86. The summed E-state index contributed by atoms with van der Waals surface area (Å²) in [7, 11) is -3.44. The van der Waals surface area contributed by atoms with E-state index in [1.54, 1.807) is 20.7 Å². The number of nitrogens with zero attached hydrogens (tertiary/aromatic N) is 3. The van der Waals surface area contributed by atoms with Crippen molar-refractivity contribution in [1.29, 1.82) is 0 Å². The van der Waals surface area contributed by atoms with Gasteiger partial charge in [-0.2, -0.15) is 17.0 Å². The monoisotopic (exact) mass is 494 g/mol. The van der Waals surface area contributed by atoms with E-state index in [4.69, 9.17) is 0 Å². The summed E-state index contributed by atoms with van der Waals surface area (Å²) < 4.78 is 42.6. The van der Waals surface area contributed by atoms with Crippen LogP contribution in [0.4, 0.5) is 4.39 Å². The number of benzene rings is 1. The number of thiophene rings is 1. The maximum absolute atomic E-state index is 13.4. The second kappa shape index (κ2) is 11.1. The Morgan fingerprint density at radius 1 is 0.939 bits per heavy atom. The van der Waals surface area contributed by atoms with Crippen LogP contribution in [-0.4, -0.2) is 73.6 Å². The number of hydrogen-bond acceptors (Lipinski definition) is 5. The number of rotatable bonds is 7. The van der Waals surface area contributed by atoms with Gasteiger partial charge in [0.25, 0.3) is 10.2 Å². The lowest BCUT2D eigenvalue weighted by Crippen LogP contribution is -2.54. The predicted octanol–water partition coefficient (Wildman–Crippen LogP) is 2.83. The van der Waals surface area contributed by atoms with Gasteiger partial charge in [0.1, 0.15) is 5.82 Å². The molecule has 0 bridgehead atoms. The molecule has 0 saturated carbocycles. The van der Waals surface area contributed by atoms with E-state index in [1.807, 2.05) is 22.4 Å². The zero-order valence-electron chi connectivity index (χ0n) is 18.7. The molecule has 33 heavy (non-hydrogen) atoms. The highest BCUT2D eigenvalue weighted by Crippen LogP contribution is 2.26. The number of carbonyl (C=O) groups is 1. The predicted molar refractivity (Wildman–Crippen MR) is 128 cm³/mol. The molecular formula is C23H31FN4O3S2. The Hall–Kier alpha value is -1.85. The molecule has 4 rings (SSSR count). The lowest BCUT2D eigenvalue weighted by Gasteiger charge is -2.36. The third kappa shape index (κ3) is 6.19. The Kier molecular flexibility index (Phi) is 8.13. The lowest BCUT2D eigenvalue weighted by atomic mass is 10.1. The molecule has 2 fully saturated rings. The van der Waals surface area contributed by atoms with Crippen LogP contribution in [0.3, 0.4) is 0 Å². The van der Waals surface area contributed by atoms with Gasteiger partial charge < -0.3 is 5.32 Å². The highest BCUT2D eigenvalue weighted by Gasteiger charge is 2.33. The largest absolute Gasteiger partial charge is 0.343 e. The molecular weight excluding hydrogens is 463 g/mol. The van der Waals surface area contributed by atoms with Gasteiger partial charge in [-0.1, -0.05) is 31.0 Å². The molecule has 0 aliphatic carbocycles. The van der Waals surface area contributed by atoms with Crippen molar-refractivity contribution in [3.8, 4) is 0 Å². The lowest BCUT2D eigenvalue weighted by molar-refractivity contribution is -0.123. The van der Waals surface area contributed by atoms with Crippen molar-refractivity contribution in [1.82, 2.24) is 18.8 Å². The van der Waals surface area contributed by atoms with Gasteiger partial charge in [0.2, 0.25) is 5.91 Å². The molecule has 1 atom stereocenters. The third-order valence-corrected chi connectivity index (χ3v) is 9.23. The first kappa shape index (κ1) is 24.3. The first-order valence-corrected chi connectivity index (χ1v) is 13.8.